The molecule has 0 aliphatic heterocycles. The van der Waals surface area contributed by atoms with Crippen LogP contribution in [0.1, 0.15) is 39.5 Å². The summed E-state index contributed by atoms with van der Waals surface area (Å²) in [7, 11) is 0. The Kier molecular flexibility index (Phi) is 5.34. The second-order valence-corrected chi connectivity index (χ2v) is 2.65. The van der Waals surface area contributed by atoms with Crippen LogP contribution in [0.15, 0.2) is 0 Å². The first-order chi connectivity index (χ1) is 5.70. The van der Waals surface area contributed by atoms with Crippen molar-refractivity contribution >= 4 is 11.8 Å². The number of Topliss-reactive ketones (excluding diaryl/α,β-unsaturated/α-hetero) is 1. The molecule has 0 aromatic heterocycles. The van der Waals surface area contributed by atoms with Crippen molar-refractivity contribution in [3.63, 3.8) is 0 Å². The minimum absolute atomic E-state index is 0.206. The highest BCUT2D eigenvalue weighted by molar-refractivity contribution is 5.81. The molecule has 1 fully saturated rings. The number of rotatable bonds is 1. The van der Waals surface area contributed by atoms with E-state index < -0.39 is 5.97 Å². The molecule has 0 amide bonds. The van der Waals surface area contributed by atoms with Gasteiger partial charge in [0.05, 0.1) is 5.92 Å². The first kappa shape index (κ1) is 11.1. The van der Waals surface area contributed by atoms with E-state index in [2.05, 4.69) is 0 Å². The molecule has 0 heterocycles. The van der Waals surface area contributed by atoms with Gasteiger partial charge in [-0.2, -0.15) is 0 Å². The molecule has 3 heteroatoms. The summed E-state index contributed by atoms with van der Waals surface area (Å²) in [6, 6.07) is 0. The Balaban J connectivity index is 0.000000561. The van der Waals surface area contributed by atoms with Crippen molar-refractivity contribution < 1.29 is 14.7 Å². The fraction of sp³-hybridized carbons (Fsp3) is 0.778. The van der Waals surface area contributed by atoms with Gasteiger partial charge < -0.3 is 5.11 Å². The molecule has 70 valence electrons. The van der Waals surface area contributed by atoms with Gasteiger partial charge in [-0.15, -0.1) is 0 Å². The average molecular weight is 172 g/mol. The maximum atomic E-state index is 10.6. The van der Waals surface area contributed by atoms with Crippen molar-refractivity contribution in [3.05, 3.63) is 0 Å². The van der Waals surface area contributed by atoms with Gasteiger partial charge in [0.1, 0.15) is 5.78 Å². The van der Waals surface area contributed by atoms with E-state index in [4.69, 9.17) is 5.11 Å². The van der Waals surface area contributed by atoms with Crippen LogP contribution in [-0.2, 0) is 9.59 Å². The number of hydrogen-bond acceptors (Lipinski definition) is 2. The molecule has 0 aromatic carbocycles. The predicted octanol–water partition coefficient (Wildman–Crippen LogP) is 1.86. The summed E-state index contributed by atoms with van der Waals surface area (Å²) in [4.78, 5) is 21.0. The zero-order chi connectivity index (χ0) is 9.56. The summed E-state index contributed by atoms with van der Waals surface area (Å²) in [5.41, 5.74) is 0. The van der Waals surface area contributed by atoms with Crippen molar-refractivity contribution in [1.82, 2.24) is 0 Å². The monoisotopic (exact) mass is 172 g/mol. The van der Waals surface area contributed by atoms with Crippen molar-refractivity contribution in [2.45, 2.75) is 39.5 Å². The minimum Gasteiger partial charge on any atom is -0.481 e. The fourth-order valence-electron chi connectivity index (χ4n) is 1.19. The van der Waals surface area contributed by atoms with Gasteiger partial charge in [0, 0.05) is 12.8 Å². The Bertz CT molecular complexity index is 153. The lowest BCUT2D eigenvalue weighted by atomic mass is 9.89. The second kappa shape index (κ2) is 5.75. The van der Waals surface area contributed by atoms with E-state index in [-0.39, 0.29) is 11.7 Å². The molecular formula is C9H16O3. The van der Waals surface area contributed by atoms with Gasteiger partial charge in [-0.3, -0.25) is 9.59 Å². The van der Waals surface area contributed by atoms with E-state index in [9.17, 15) is 9.59 Å². The fourth-order valence-corrected chi connectivity index (χ4v) is 1.19. The second-order valence-electron chi connectivity index (χ2n) is 2.65. The van der Waals surface area contributed by atoms with Gasteiger partial charge in [-0.1, -0.05) is 13.8 Å². The van der Waals surface area contributed by atoms with E-state index in [1.165, 1.54) is 0 Å². The molecule has 1 N–H and O–H groups in total. The van der Waals surface area contributed by atoms with Crippen molar-refractivity contribution in [3.8, 4) is 0 Å². The summed E-state index contributed by atoms with van der Waals surface area (Å²) >= 11 is 0. The Hall–Kier alpha value is -0.860. The number of carboxylic acids is 1. The standard InChI is InChI=1S/C7H10O3.C2H6/c8-6-3-1-5(2-4-6)7(9)10;1-2/h5H,1-4H2,(H,9,10);1-2H3. The average Bonchev–Trinajstić information content (AvgIpc) is 2.09. The van der Waals surface area contributed by atoms with Crippen LogP contribution < -0.4 is 0 Å². The Morgan fingerprint density at radius 3 is 2.08 bits per heavy atom. The van der Waals surface area contributed by atoms with Crippen molar-refractivity contribution in [2.75, 3.05) is 0 Å². The highest BCUT2D eigenvalue weighted by Crippen LogP contribution is 2.20. The SMILES string of the molecule is CC.O=C1CCC(C(=O)O)CC1. The van der Waals surface area contributed by atoms with Crippen LogP contribution in [0.3, 0.4) is 0 Å². The van der Waals surface area contributed by atoms with Crippen molar-refractivity contribution in [2.24, 2.45) is 5.92 Å². The molecule has 1 saturated carbocycles. The number of ketones is 1. The third-order valence-corrected chi connectivity index (χ3v) is 1.89. The molecular weight excluding hydrogens is 156 g/mol. The number of carboxylic acid groups (broad SMARTS) is 1. The Labute approximate surface area is 72.8 Å². The van der Waals surface area contributed by atoms with E-state index in [1.807, 2.05) is 13.8 Å². The third-order valence-electron chi connectivity index (χ3n) is 1.89. The van der Waals surface area contributed by atoms with Crippen LogP contribution >= 0.6 is 0 Å². The highest BCUT2D eigenvalue weighted by atomic mass is 16.4. The maximum absolute atomic E-state index is 10.6. The van der Waals surface area contributed by atoms with E-state index in [1.54, 1.807) is 0 Å². The maximum Gasteiger partial charge on any atom is 0.306 e. The van der Waals surface area contributed by atoms with Gasteiger partial charge in [0.15, 0.2) is 0 Å². The summed E-state index contributed by atoms with van der Waals surface area (Å²) in [5, 5.41) is 8.51. The van der Waals surface area contributed by atoms with Gasteiger partial charge in [-0.05, 0) is 12.8 Å². The molecule has 0 atom stereocenters. The lowest BCUT2D eigenvalue weighted by molar-refractivity contribution is -0.143. The largest absolute Gasteiger partial charge is 0.481 e. The van der Waals surface area contributed by atoms with Gasteiger partial charge in [0.25, 0.3) is 0 Å². The molecule has 0 bridgehead atoms. The lowest BCUT2D eigenvalue weighted by Crippen LogP contribution is -2.20. The molecule has 12 heavy (non-hydrogen) atoms. The third kappa shape index (κ3) is 3.51. The van der Waals surface area contributed by atoms with E-state index >= 15 is 0 Å². The molecule has 3 nitrogen and oxygen atoms in total. The van der Waals surface area contributed by atoms with Crippen LogP contribution in [0.2, 0.25) is 0 Å². The van der Waals surface area contributed by atoms with E-state index in [0.29, 0.717) is 25.7 Å². The quantitative estimate of drug-likeness (QED) is 0.656. The molecule has 1 rings (SSSR count). The topological polar surface area (TPSA) is 54.4 Å². The number of carbonyl (C=O) groups is 2. The smallest absolute Gasteiger partial charge is 0.306 e. The first-order valence-electron chi connectivity index (χ1n) is 4.44. The van der Waals surface area contributed by atoms with Crippen LogP contribution in [0.4, 0.5) is 0 Å². The first-order valence-corrected chi connectivity index (χ1v) is 4.44. The molecule has 1 aliphatic carbocycles. The van der Waals surface area contributed by atoms with Crippen LogP contribution in [-0.4, -0.2) is 16.9 Å². The minimum atomic E-state index is -0.757. The number of aliphatic carboxylic acids is 1. The highest BCUT2D eigenvalue weighted by Gasteiger charge is 2.23. The molecule has 0 spiro atoms. The molecule has 0 aromatic rings. The van der Waals surface area contributed by atoms with Gasteiger partial charge in [-0.25, -0.2) is 0 Å². The summed E-state index contributed by atoms with van der Waals surface area (Å²) in [5.74, 6) is -0.817. The lowest BCUT2D eigenvalue weighted by Gasteiger charge is -2.15. The zero-order valence-electron chi connectivity index (χ0n) is 7.67. The number of hydrogen-bond donors (Lipinski definition) is 1. The van der Waals surface area contributed by atoms with Crippen LogP contribution in [0, 0.1) is 5.92 Å². The predicted molar refractivity (Wildman–Crippen MR) is 45.9 cm³/mol. The van der Waals surface area contributed by atoms with Gasteiger partial charge in [0.2, 0.25) is 0 Å². The summed E-state index contributed by atoms with van der Waals surface area (Å²) in [6.07, 6.45) is 1.98. The molecule has 1 aliphatic rings. The van der Waals surface area contributed by atoms with Crippen molar-refractivity contribution in [1.29, 1.82) is 0 Å². The Morgan fingerprint density at radius 1 is 1.33 bits per heavy atom. The summed E-state index contributed by atoms with van der Waals surface area (Å²) < 4.78 is 0. The Morgan fingerprint density at radius 2 is 1.75 bits per heavy atom. The number of carbonyl (C=O) groups excluding carboxylic acids is 1. The molecule has 0 unspecified atom stereocenters. The van der Waals surface area contributed by atoms with E-state index in [0.717, 1.165) is 0 Å². The van der Waals surface area contributed by atoms with Gasteiger partial charge >= 0.3 is 5.97 Å². The molecule has 0 saturated heterocycles. The normalized spacial score (nSPS) is 18.0. The zero-order valence-corrected chi connectivity index (χ0v) is 7.67. The van der Waals surface area contributed by atoms with Crippen LogP contribution in [0.5, 0.6) is 0 Å². The van der Waals surface area contributed by atoms with Crippen LogP contribution in [0.25, 0.3) is 0 Å². The molecule has 0 radical (unpaired) electrons. The summed E-state index contributed by atoms with van der Waals surface area (Å²) in [6.45, 7) is 4.00.